The molecule has 0 unspecified atom stereocenters. The number of halogens is 2. The van der Waals surface area contributed by atoms with Crippen LogP contribution in [-0.2, 0) is 26.2 Å². The summed E-state index contributed by atoms with van der Waals surface area (Å²) in [6, 6.07) is 19.0. The summed E-state index contributed by atoms with van der Waals surface area (Å²) >= 11 is 12.5. The van der Waals surface area contributed by atoms with Crippen LogP contribution in [0.1, 0.15) is 31.4 Å². The maximum absolute atomic E-state index is 14.0. The quantitative estimate of drug-likeness (QED) is 0.330. The molecule has 0 saturated carbocycles. The molecule has 3 aromatic carbocycles. The lowest BCUT2D eigenvalue weighted by molar-refractivity contribution is -0.140. The molecule has 10 heteroatoms. The lowest BCUT2D eigenvalue weighted by atomic mass is 10.1. The smallest absolute Gasteiger partial charge is 0.264 e. The van der Waals surface area contributed by atoms with Crippen LogP contribution in [0, 0.1) is 6.92 Å². The third kappa shape index (κ3) is 6.87. The third-order valence-corrected chi connectivity index (χ3v) is 8.45. The highest BCUT2D eigenvalue weighted by Gasteiger charge is 2.34. The summed E-state index contributed by atoms with van der Waals surface area (Å²) < 4.78 is 28.7. The van der Waals surface area contributed by atoms with Gasteiger partial charge >= 0.3 is 0 Å². The molecule has 0 aromatic heterocycles. The van der Waals surface area contributed by atoms with Gasteiger partial charge in [0.25, 0.3) is 10.0 Å². The minimum Gasteiger partial charge on any atom is -0.355 e. The Balaban J connectivity index is 2.08. The molecular formula is C28H31Cl2N3O4S. The zero-order valence-corrected chi connectivity index (χ0v) is 23.9. The molecule has 0 heterocycles. The minimum atomic E-state index is -4.11. The normalized spacial score (nSPS) is 12.0. The van der Waals surface area contributed by atoms with Crippen molar-refractivity contribution >= 4 is 50.7 Å². The maximum Gasteiger partial charge on any atom is 0.264 e. The average Bonchev–Trinajstić information content (AvgIpc) is 2.89. The van der Waals surface area contributed by atoms with Crippen molar-refractivity contribution in [1.82, 2.24) is 10.2 Å². The molecule has 38 heavy (non-hydrogen) atoms. The Bertz CT molecular complexity index is 1380. The van der Waals surface area contributed by atoms with Gasteiger partial charge in [0.15, 0.2) is 0 Å². The zero-order valence-electron chi connectivity index (χ0n) is 21.5. The Morgan fingerprint density at radius 1 is 0.947 bits per heavy atom. The largest absolute Gasteiger partial charge is 0.355 e. The van der Waals surface area contributed by atoms with E-state index in [-0.39, 0.29) is 17.3 Å². The summed E-state index contributed by atoms with van der Waals surface area (Å²) in [5.41, 5.74) is 1.64. The summed E-state index contributed by atoms with van der Waals surface area (Å²) in [6.07, 6.45) is 0.318. The van der Waals surface area contributed by atoms with Gasteiger partial charge in [-0.1, -0.05) is 72.6 Å². The van der Waals surface area contributed by atoms with Crippen molar-refractivity contribution in [3.05, 3.63) is 94.0 Å². The summed E-state index contributed by atoms with van der Waals surface area (Å²) in [5, 5.41) is 3.55. The number of benzene rings is 3. The van der Waals surface area contributed by atoms with Crippen molar-refractivity contribution in [3.8, 4) is 0 Å². The SMILES string of the molecule is CCNC(=O)[C@@H](CC)N(Cc1ccc(Cl)cc1Cl)C(=O)CN(c1ccccc1C)S(=O)(=O)c1ccccc1. The van der Waals surface area contributed by atoms with E-state index in [4.69, 9.17) is 23.2 Å². The fourth-order valence-corrected chi connectivity index (χ4v) is 6.09. The van der Waals surface area contributed by atoms with Crippen molar-refractivity contribution in [1.29, 1.82) is 0 Å². The van der Waals surface area contributed by atoms with Crippen LogP contribution in [-0.4, -0.2) is 44.3 Å². The topological polar surface area (TPSA) is 86.8 Å². The highest BCUT2D eigenvalue weighted by molar-refractivity contribution is 7.92. The number of aryl methyl sites for hydroxylation is 1. The molecule has 1 atom stereocenters. The molecular weight excluding hydrogens is 545 g/mol. The summed E-state index contributed by atoms with van der Waals surface area (Å²) in [5.74, 6) is -0.876. The van der Waals surface area contributed by atoms with E-state index in [1.165, 1.54) is 17.0 Å². The first kappa shape index (κ1) is 29.5. The second kappa shape index (κ2) is 13.1. The summed E-state index contributed by atoms with van der Waals surface area (Å²) in [6.45, 7) is 5.24. The molecule has 3 aromatic rings. The summed E-state index contributed by atoms with van der Waals surface area (Å²) in [4.78, 5) is 28.4. The fourth-order valence-electron chi connectivity index (χ4n) is 4.12. The second-order valence-electron chi connectivity index (χ2n) is 8.69. The molecule has 0 saturated heterocycles. The van der Waals surface area contributed by atoms with Crippen molar-refractivity contribution in [3.63, 3.8) is 0 Å². The molecule has 7 nitrogen and oxygen atoms in total. The van der Waals surface area contributed by atoms with Gasteiger partial charge in [-0.25, -0.2) is 8.42 Å². The van der Waals surface area contributed by atoms with E-state index in [1.807, 2.05) is 0 Å². The average molecular weight is 577 g/mol. The number of sulfonamides is 1. The van der Waals surface area contributed by atoms with Gasteiger partial charge in [0, 0.05) is 23.1 Å². The van der Waals surface area contributed by atoms with E-state index < -0.39 is 28.5 Å². The lowest BCUT2D eigenvalue weighted by Crippen LogP contribution is -2.52. The van der Waals surface area contributed by atoms with E-state index in [9.17, 15) is 18.0 Å². The number of carbonyl (C=O) groups is 2. The van der Waals surface area contributed by atoms with Gasteiger partial charge in [-0.15, -0.1) is 0 Å². The standard InChI is InChI=1S/C28H31Cl2N3O4S/c1-4-25(28(35)31-5-2)32(18-21-15-16-22(29)17-24(21)30)27(34)19-33(26-14-10-9-11-20(26)3)38(36,37)23-12-7-6-8-13-23/h6-17,25H,4-5,18-19H2,1-3H3,(H,31,35)/t25-/m1/s1. The fraction of sp³-hybridized carbons (Fsp3) is 0.286. The predicted octanol–water partition coefficient (Wildman–Crippen LogP) is 5.44. The Labute approximate surface area is 234 Å². The number of hydrogen-bond donors (Lipinski definition) is 1. The van der Waals surface area contributed by atoms with Crippen molar-refractivity contribution in [2.45, 2.75) is 44.7 Å². The minimum absolute atomic E-state index is 0.00251. The van der Waals surface area contributed by atoms with Gasteiger partial charge in [0.2, 0.25) is 11.8 Å². The monoisotopic (exact) mass is 575 g/mol. The number of likely N-dealkylation sites (N-methyl/N-ethyl adjacent to an activating group) is 1. The van der Waals surface area contributed by atoms with E-state index >= 15 is 0 Å². The Morgan fingerprint density at radius 2 is 1.61 bits per heavy atom. The van der Waals surface area contributed by atoms with Crippen LogP contribution in [0.15, 0.2) is 77.7 Å². The van der Waals surface area contributed by atoms with Crippen LogP contribution >= 0.6 is 23.2 Å². The first-order valence-electron chi connectivity index (χ1n) is 12.2. The van der Waals surface area contributed by atoms with Gasteiger partial charge in [0.05, 0.1) is 10.6 Å². The van der Waals surface area contributed by atoms with Crippen LogP contribution in [0.5, 0.6) is 0 Å². The third-order valence-electron chi connectivity index (χ3n) is 6.09. The number of hydrogen-bond acceptors (Lipinski definition) is 4. The number of carbonyl (C=O) groups excluding carboxylic acids is 2. The molecule has 2 amide bonds. The number of para-hydroxylation sites is 1. The molecule has 0 aliphatic heterocycles. The molecule has 3 rings (SSSR count). The lowest BCUT2D eigenvalue weighted by Gasteiger charge is -2.33. The van der Waals surface area contributed by atoms with E-state index in [0.29, 0.717) is 39.8 Å². The van der Waals surface area contributed by atoms with Crippen LogP contribution in [0.3, 0.4) is 0 Å². The van der Waals surface area contributed by atoms with Gasteiger partial charge in [-0.3, -0.25) is 13.9 Å². The maximum atomic E-state index is 14.0. The van der Waals surface area contributed by atoms with Crippen molar-refractivity contribution in [2.24, 2.45) is 0 Å². The number of nitrogens with zero attached hydrogens (tertiary/aromatic N) is 2. The highest BCUT2D eigenvalue weighted by Crippen LogP contribution is 2.28. The molecule has 1 N–H and O–H groups in total. The predicted molar refractivity (Wildman–Crippen MR) is 152 cm³/mol. The molecule has 0 aliphatic carbocycles. The van der Waals surface area contributed by atoms with Crippen LogP contribution in [0.4, 0.5) is 5.69 Å². The van der Waals surface area contributed by atoms with Gasteiger partial charge in [-0.05, 0) is 61.7 Å². The van der Waals surface area contributed by atoms with Gasteiger partial charge in [-0.2, -0.15) is 0 Å². The Hall–Kier alpha value is -3.07. The van der Waals surface area contributed by atoms with E-state index in [2.05, 4.69) is 5.32 Å². The summed E-state index contributed by atoms with van der Waals surface area (Å²) in [7, 11) is -4.11. The Kier molecular flexibility index (Phi) is 10.2. The molecule has 0 spiro atoms. The second-order valence-corrected chi connectivity index (χ2v) is 11.4. The van der Waals surface area contributed by atoms with Crippen LogP contribution in [0.2, 0.25) is 10.0 Å². The molecule has 0 radical (unpaired) electrons. The van der Waals surface area contributed by atoms with E-state index in [1.54, 1.807) is 81.4 Å². The number of amides is 2. The number of nitrogens with one attached hydrogen (secondary N) is 1. The number of rotatable bonds is 11. The van der Waals surface area contributed by atoms with Crippen molar-refractivity contribution < 1.29 is 18.0 Å². The van der Waals surface area contributed by atoms with Crippen molar-refractivity contribution in [2.75, 3.05) is 17.4 Å². The molecule has 202 valence electrons. The van der Waals surface area contributed by atoms with Gasteiger partial charge < -0.3 is 10.2 Å². The van der Waals surface area contributed by atoms with Crippen LogP contribution < -0.4 is 9.62 Å². The van der Waals surface area contributed by atoms with Crippen LogP contribution in [0.25, 0.3) is 0 Å². The number of anilines is 1. The molecule has 0 aliphatic rings. The zero-order chi connectivity index (χ0) is 27.9. The highest BCUT2D eigenvalue weighted by atomic mass is 35.5. The Morgan fingerprint density at radius 3 is 2.21 bits per heavy atom. The first-order valence-corrected chi connectivity index (χ1v) is 14.4. The van der Waals surface area contributed by atoms with E-state index in [0.717, 1.165) is 4.31 Å². The van der Waals surface area contributed by atoms with Gasteiger partial charge in [0.1, 0.15) is 12.6 Å². The molecule has 0 bridgehead atoms. The molecule has 0 fully saturated rings. The first-order chi connectivity index (χ1) is 18.1.